The van der Waals surface area contributed by atoms with Crippen molar-refractivity contribution in [2.45, 2.75) is 43.6 Å². The normalized spacial score (nSPS) is 28.7. The Labute approximate surface area is 142 Å². The maximum absolute atomic E-state index is 12.9. The van der Waals surface area contributed by atoms with Crippen molar-refractivity contribution in [1.29, 1.82) is 0 Å². The number of piperidine rings is 1. The summed E-state index contributed by atoms with van der Waals surface area (Å²) in [5.41, 5.74) is -0.450. The number of rotatable bonds is 5. The predicted octanol–water partition coefficient (Wildman–Crippen LogP) is 1.62. The number of hydrogen-bond acceptors (Lipinski definition) is 4. The van der Waals surface area contributed by atoms with Crippen molar-refractivity contribution in [3.05, 3.63) is 29.8 Å². The highest BCUT2D eigenvalue weighted by molar-refractivity contribution is 7.89. The van der Waals surface area contributed by atoms with Gasteiger partial charge < -0.3 is 10.2 Å². The molecule has 2 fully saturated rings. The molecule has 0 aromatic heterocycles. The number of nitrogens with zero attached hydrogens (tertiary/aromatic N) is 1. The molecule has 1 saturated heterocycles. The average Bonchev–Trinajstić information content (AvgIpc) is 3.33. The van der Waals surface area contributed by atoms with E-state index in [0.29, 0.717) is 6.42 Å². The molecule has 132 valence electrons. The van der Waals surface area contributed by atoms with Gasteiger partial charge in [0.15, 0.2) is 0 Å². The molecule has 3 rings (SSSR count). The summed E-state index contributed by atoms with van der Waals surface area (Å²) in [5.74, 6) is -0.830. The molecule has 1 aromatic rings. The molecule has 2 atom stereocenters. The van der Waals surface area contributed by atoms with E-state index in [0.717, 1.165) is 18.4 Å². The van der Waals surface area contributed by atoms with E-state index in [-0.39, 0.29) is 30.3 Å². The Morgan fingerprint density at radius 2 is 1.88 bits per heavy atom. The van der Waals surface area contributed by atoms with E-state index in [1.165, 1.54) is 4.31 Å². The molecule has 1 heterocycles. The van der Waals surface area contributed by atoms with E-state index in [1.807, 2.05) is 6.92 Å². The second-order valence-corrected chi connectivity index (χ2v) is 9.00. The fourth-order valence-corrected chi connectivity index (χ4v) is 4.97. The molecule has 7 heteroatoms. The van der Waals surface area contributed by atoms with Crippen LogP contribution in [0.1, 0.15) is 31.2 Å². The fourth-order valence-electron chi connectivity index (χ4n) is 3.44. The third-order valence-corrected chi connectivity index (χ3v) is 7.04. The zero-order valence-corrected chi connectivity index (χ0v) is 14.5. The van der Waals surface area contributed by atoms with Crippen LogP contribution in [0.2, 0.25) is 0 Å². The summed E-state index contributed by atoms with van der Waals surface area (Å²) in [6.45, 7) is 1.84. The summed E-state index contributed by atoms with van der Waals surface area (Å²) in [6, 6.07) is 6.53. The van der Waals surface area contributed by atoms with Crippen LogP contribution in [0.25, 0.3) is 0 Å². The SMILES string of the molecule is Cc1ccc(S(=O)(=O)N2CCC(O)[C@@](CC3CC3)(C(=O)O)C2)cc1. The van der Waals surface area contributed by atoms with Crippen molar-refractivity contribution in [2.75, 3.05) is 13.1 Å². The van der Waals surface area contributed by atoms with Crippen LogP contribution in [0.4, 0.5) is 0 Å². The van der Waals surface area contributed by atoms with Gasteiger partial charge in [-0.15, -0.1) is 0 Å². The lowest BCUT2D eigenvalue weighted by atomic mass is 9.74. The minimum atomic E-state index is -3.76. The lowest BCUT2D eigenvalue weighted by Crippen LogP contribution is -2.57. The number of aliphatic hydroxyl groups excluding tert-OH is 1. The van der Waals surface area contributed by atoms with Crippen molar-refractivity contribution in [3.63, 3.8) is 0 Å². The average molecular weight is 353 g/mol. The van der Waals surface area contributed by atoms with Gasteiger partial charge in [-0.1, -0.05) is 30.5 Å². The molecule has 1 saturated carbocycles. The van der Waals surface area contributed by atoms with E-state index >= 15 is 0 Å². The minimum Gasteiger partial charge on any atom is -0.481 e. The van der Waals surface area contributed by atoms with Gasteiger partial charge in [-0.05, 0) is 37.8 Å². The molecule has 0 bridgehead atoms. The fraction of sp³-hybridized carbons (Fsp3) is 0.588. The van der Waals surface area contributed by atoms with Crippen LogP contribution < -0.4 is 0 Å². The maximum Gasteiger partial charge on any atom is 0.313 e. The van der Waals surface area contributed by atoms with Crippen molar-refractivity contribution in [2.24, 2.45) is 11.3 Å². The monoisotopic (exact) mass is 353 g/mol. The minimum absolute atomic E-state index is 0.136. The van der Waals surface area contributed by atoms with E-state index < -0.39 is 27.5 Å². The highest BCUT2D eigenvalue weighted by Gasteiger charge is 2.53. The molecule has 6 nitrogen and oxygen atoms in total. The molecule has 2 aliphatic rings. The van der Waals surface area contributed by atoms with Gasteiger partial charge in [0, 0.05) is 13.1 Å². The van der Waals surface area contributed by atoms with Gasteiger partial charge in [0.2, 0.25) is 10.0 Å². The Kier molecular flexibility index (Phi) is 4.44. The van der Waals surface area contributed by atoms with E-state index in [9.17, 15) is 23.4 Å². The van der Waals surface area contributed by atoms with Crippen molar-refractivity contribution in [3.8, 4) is 0 Å². The molecule has 1 aliphatic carbocycles. The lowest BCUT2D eigenvalue weighted by molar-refractivity contribution is -0.162. The number of aliphatic hydroxyl groups is 1. The highest BCUT2D eigenvalue weighted by atomic mass is 32.2. The largest absolute Gasteiger partial charge is 0.481 e. The van der Waals surface area contributed by atoms with Crippen molar-refractivity contribution >= 4 is 16.0 Å². The smallest absolute Gasteiger partial charge is 0.313 e. The first-order valence-electron chi connectivity index (χ1n) is 8.24. The summed E-state index contributed by atoms with van der Waals surface area (Å²) >= 11 is 0. The number of carbonyl (C=O) groups is 1. The Morgan fingerprint density at radius 3 is 2.42 bits per heavy atom. The standard InChI is InChI=1S/C17H23NO5S/c1-12-2-6-14(7-3-12)24(22,23)18-9-8-15(19)17(11-18,16(20)21)10-13-4-5-13/h2-3,6-7,13,15,19H,4-5,8-11H2,1H3,(H,20,21)/t15?,17-/m0/s1. The molecular weight excluding hydrogens is 330 g/mol. The molecular formula is C17H23NO5S. The molecule has 1 aliphatic heterocycles. The first-order valence-corrected chi connectivity index (χ1v) is 9.68. The first-order chi connectivity index (χ1) is 11.3. The summed E-state index contributed by atoms with van der Waals surface area (Å²) in [4.78, 5) is 12.1. The second kappa shape index (κ2) is 6.13. The summed E-state index contributed by atoms with van der Waals surface area (Å²) in [7, 11) is -3.76. The molecule has 0 amide bonds. The van der Waals surface area contributed by atoms with Crippen LogP contribution in [0.15, 0.2) is 29.2 Å². The van der Waals surface area contributed by atoms with E-state index in [4.69, 9.17) is 0 Å². The number of hydrogen-bond donors (Lipinski definition) is 2. The van der Waals surface area contributed by atoms with Gasteiger partial charge >= 0.3 is 5.97 Å². The predicted molar refractivity (Wildman–Crippen MR) is 88.0 cm³/mol. The van der Waals surface area contributed by atoms with E-state index in [2.05, 4.69) is 0 Å². The number of carboxylic acid groups (broad SMARTS) is 1. The van der Waals surface area contributed by atoms with Gasteiger partial charge in [-0.2, -0.15) is 4.31 Å². The number of benzene rings is 1. The summed E-state index contributed by atoms with van der Waals surface area (Å²) in [5, 5.41) is 20.1. The van der Waals surface area contributed by atoms with Crippen LogP contribution in [-0.4, -0.2) is 48.1 Å². The zero-order chi connectivity index (χ0) is 17.5. The van der Waals surface area contributed by atoms with Gasteiger partial charge in [-0.25, -0.2) is 8.42 Å². The Bertz CT molecular complexity index is 726. The first kappa shape index (κ1) is 17.4. The van der Waals surface area contributed by atoms with E-state index in [1.54, 1.807) is 24.3 Å². The molecule has 1 unspecified atom stereocenters. The summed E-state index contributed by atoms with van der Waals surface area (Å²) < 4.78 is 27.0. The topological polar surface area (TPSA) is 94.9 Å². The Hall–Kier alpha value is -1.44. The third kappa shape index (κ3) is 3.08. The Morgan fingerprint density at radius 1 is 1.25 bits per heavy atom. The van der Waals surface area contributed by atoms with Crippen LogP contribution in [0, 0.1) is 18.3 Å². The second-order valence-electron chi connectivity index (χ2n) is 7.06. The molecule has 0 spiro atoms. The van der Waals surface area contributed by atoms with Gasteiger partial charge in [-0.3, -0.25) is 4.79 Å². The molecule has 0 radical (unpaired) electrons. The maximum atomic E-state index is 12.9. The quantitative estimate of drug-likeness (QED) is 0.839. The van der Waals surface area contributed by atoms with Crippen LogP contribution >= 0.6 is 0 Å². The van der Waals surface area contributed by atoms with Gasteiger partial charge in [0.1, 0.15) is 5.41 Å². The number of aryl methyl sites for hydroxylation is 1. The number of sulfonamides is 1. The Balaban J connectivity index is 1.91. The number of carboxylic acids is 1. The van der Waals surface area contributed by atoms with Crippen LogP contribution in [-0.2, 0) is 14.8 Å². The molecule has 24 heavy (non-hydrogen) atoms. The lowest BCUT2D eigenvalue weighted by Gasteiger charge is -2.42. The number of aliphatic carboxylic acids is 1. The third-order valence-electron chi connectivity index (χ3n) is 5.18. The van der Waals surface area contributed by atoms with Gasteiger partial charge in [0.25, 0.3) is 0 Å². The summed E-state index contributed by atoms with van der Waals surface area (Å²) in [6.07, 6.45) is 1.37. The highest BCUT2D eigenvalue weighted by Crippen LogP contribution is 2.45. The van der Waals surface area contributed by atoms with Crippen molar-refractivity contribution < 1.29 is 23.4 Å². The van der Waals surface area contributed by atoms with Crippen molar-refractivity contribution in [1.82, 2.24) is 4.31 Å². The van der Waals surface area contributed by atoms with Crippen LogP contribution in [0.3, 0.4) is 0 Å². The zero-order valence-electron chi connectivity index (χ0n) is 13.7. The van der Waals surface area contributed by atoms with Gasteiger partial charge in [0.05, 0.1) is 11.0 Å². The molecule has 2 N–H and O–H groups in total. The van der Waals surface area contributed by atoms with Crippen LogP contribution in [0.5, 0.6) is 0 Å². The molecule has 1 aromatic carbocycles.